The second-order valence-corrected chi connectivity index (χ2v) is 5.53. The van der Waals surface area contributed by atoms with E-state index in [1.54, 1.807) is 0 Å². The fourth-order valence-corrected chi connectivity index (χ4v) is 3.12. The predicted molar refractivity (Wildman–Crippen MR) is 66.9 cm³/mol. The third kappa shape index (κ3) is 1.49. The van der Waals surface area contributed by atoms with Gasteiger partial charge in [0.2, 0.25) is 0 Å². The molecule has 1 amide bonds. The van der Waals surface area contributed by atoms with Crippen LogP contribution in [0, 0.1) is 5.41 Å². The van der Waals surface area contributed by atoms with Crippen LogP contribution >= 0.6 is 0 Å². The molecule has 1 unspecified atom stereocenters. The van der Waals surface area contributed by atoms with E-state index >= 15 is 0 Å². The summed E-state index contributed by atoms with van der Waals surface area (Å²) in [5.74, 6) is 0.0415. The number of carbonyl (C=O) groups excluding carboxylic acids is 1. The molecule has 0 N–H and O–H groups in total. The Bertz CT molecular complexity index is 505. The molecule has 0 fully saturated rings. The summed E-state index contributed by atoms with van der Waals surface area (Å²) in [6.07, 6.45) is 2.47. The van der Waals surface area contributed by atoms with Gasteiger partial charge in [0.15, 0.2) is 0 Å². The highest BCUT2D eigenvalue weighted by molar-refractivity contribution is 6.27. The molecule has 1 aliphatic carbocycles. The maximum Gasteiger partial charge on any atom is 0.266 e. The molecule has 1 aliphatic heterocycles. The number of aliphatic imine (C=N–C) groups is 1. The van der Waals surface area contributed by atoms with Gasteiger partial charge < -0.3 is 4.90 Å². The van der Waals surface area contributed by atoms with Crippen molar-refractivity contribution in [3.05, 3.63) is 35.4 Å². The van der Waals surface area contributed by atoms with Gasteiger partial charge in [-0.25, -0.2) is 0 Å². The first-order chi connectivity index (χ1) is 8.09. The average molecular weight is 228 g/mol. The normalized spacial score (nSPS) is 25.4. The molecule has 1 aromatic carbocycles. The minimum Gasteiger partial charge on any atom is -0.311 e. The molecule has 0 saturated carbocycles. The van der Waals surface area contributed by atoms with Crippen LogP contribution in [0.25, 0.3) is 0 Å². The third-order valence-electron chi connectivity index (χ3n) is 3.77. The van der Waals surface area contributed by atoms with Crippen molar-refractivity contribution in [3.8, 4) is 0 Å². The number of nitrogens with zero attached hydrogens (tertiary/aromatic N) is 2. The molecule has 17 heavy (non-hydrogen) atoms. The fraction of sp³-hybridized carbons (Fsp3) is 0.429. The van der Waals surface area contributed by atoms with Crippen molar-refractivity contribution in [2.75, 3.05) is 6.67 Å². The number of benzene rings is 1. The van der Waals surface area contributed by atoms with Gasteiger partial charge in [-0.2, -0.15) is 0 Å². The first kappa shape index (κ1) is 10.5. The molecule has 0 spiro atoms. The summed E-state index contributed by atoms with van der Waals surface area (Å²) < 4.78 is 0. The third-order valence-corrected chi connectivity index (χ3v) is 3.77. The molecule has 3 heteroatoms. The zero-order valence-electron chi connectivity index (χ0n) is 10.2. The number of fused-ring (bicyclic) bond motifs is 1. The lowest BCUT2D eigenvalue weighted by Gasteiger charge is -2.34. The van der Waals surface area contributed by atoms with Crippen LogP contribution in [0.5, 0.6) is 0 Å². The van der Waals surface area contributed by atoms with Gasteiger partial charge in [0.25, 0.3) is 5.91 Å². The Morgan fingerprint density at radius 2 is 2.12 bits per heavy atom. The van der Waals surface area contributed by atoms with Crippen LogP contribution in [0.1, 0.15) is 31.0 Å². The number of rotatable bonds is 1. The highest BCUT2D eigenvalue weighted by Crippen LogP contribution is 2.48. The van der Waals surface area contributed by atoms with Crippen LogP contribution in [-0.4, -0.2) is 23.7 Å². The monoisotopic (exact) mass is 228 g/mol. The van der Waals surface area contributed by atoms with Gasteiger partial charge in [-0.3, -0.25) is 9.79 Å². The van der Waals surface area contributed by atoms with Crippen LogP contribution in [0.4, 0.5) is 0 Å². The van der Waals surface area contributed by atoms with E-state index in [0.717, 1.165) is 6.42 Å². The molecular weight excluding hydrogens is 212 g/mol. The Morgan fingerprint density at radius 3 is 2.82 bits per heavy atom. The van der Waals surface area contributed by atoms with E-state index in [-0.39, 0.29) is 17.4 Å². The van der Waals surface area contributed by atoms with Crippen molar-refractivity contribution in [3.63, 3.8) is 0 Å². The van der Waals surface area contributed by atoms with E-state index in [0.29, 0.717) is 6.67 Å². The molecule has 2 aliphatic rings. The highest BCUT2D eigenvalue weighted by Gasteiger charge is 2.44. The minimum absolute atomic E-state index is 0.0415. The summed E-state index contributed by atoms with van der Waals surface area (Å²) >= 11 is 0. The number of hydrogen-bond acceptors (Lipinski definition) is 2. The largest absolute Gasteiger partial charge is 0.311 e. The van der Waals surface area contributed by atoms with Gasteiger partial charge in [0, 0.05) is 0 Å². The SMILES string of the molecule is CC1(C)Cc2ccccc2C1N1CN=CC1=O. The molecule has 1 heterocycles. The molecule has 0 radical (unpaired) electrons. The molecule has 0 bridgehead atoms. The van der Waals surface area contributed by atoms with Crippen molar-refractivity contribution < 1.29 is 4.79 Å². The van der Waals surface area contributed by atoms with Crippen LogP contribution in [0.15, 0.2) is 29.3 Å². The Labute approximate surface area is 101 Å². The highest BCUT2D eigenvalue weighted by atomic mass is 16.2. The van der Waals surface area contributed by atoms with Gasteiger partial charge in [-0.1, -0.05) is 38.1 Å². The maximum atomic E-state index is 11.8. The summed E-state index contributed by atoms with van der Waals surface area (Å²) in [4.78, 5) is 17.8. The van der Waals surface area contributed by atoms with Crippen molar-refractivity contribution in [1.82, 2.24) is 4.90 Å². The van der Waals surface area contributed by atoms with Gasteiger partial charge in [-0.15, -0.1) is 0 Å². The average Bonchev–Trinajstić information content (AvgIpc) is 2.77. The zero-order valence-corrected chi connectivity index (χ0v) is 10.2. The molecule has 3 rings (SSSR count). The molecule has 3 nitrogen and oxygen atoms in total. The predicted octanol–water partition coefficient (Wildman–Crippen LogP) is 2.18. The summed E-state index contributed by atoms with van der Waals surface area (Å²) in [6.45, 7) is 4.95. The number of amides is 1. The standard InChI is InChI=1S/C14H16N2O/c1-14(2)7-10-5-3-4-6-11(10)13(14)16-9-15-8-12(16)17/h3-6,8,13H,7,9H2,1-2H3. The first-order valence-electron chi connectivity index (χ1n) is 5.98. The molecular formula is C14H16N2O. The van der Waals surface area contributed by atoms with Crippen LogP contribution in [0.3, 0.4) is 0 Å². The summed E-state index contributed by atoms with van der Waals surface area (Å²) in [5, 5.41) is 0. The summed E-state index contributed by atoms with van der Waals surface area (Å²) in [5.41, 5.74) is 2.74. The van der Waals surface area contributed by atoms with E-state index in [9.17, 15) is 4.79 Å². The topological polar surface area (TPSA) is 32.7 Å². The van der Waals surface area contributed by atoms with Crippen molar-refractivity contribution >= 4 is 12.1 Å². The van der Waals surface area contributed by atoms with Gasteiger partial charge in [0.1, 0.15) is 6.67 Å². The number of hydrogen-bond donors (Lipinski definition) is 0. The van der Waals surface area contributed by atoms with E-state index in [4.69, 9.17) is 0 Å². The zero-order chi connectivity index (χ0) is 12.0. The maximum absolute atomic E-state index is 11.8. The van der Waals surface area contributed by atoms with Crippen LogP contribution in [0.2, 0.25) is 0 Å². The minimum atomic E-state index is 0.0415. The van der Waals surface area contributed by atoms with E-state index < -0.39 is 0 Å². The van der Waals surface area contributed by atoms with E-state index in [2.05, 4.69) is 43.1 Å². The smallest absolute Gasteiger partial charge is 0.266 e. The molecule has 88 valence electrons. The van der Waals surface area contributed by atoms with E-state index in [1.807, 2.05) is 4.90 Å². The van der Waals surface area contributed by atoms with Crippen molar-refractivity contribution in [1.29, 1.82) is 0 Å². The van der Waals surface area contributed by atoms with Crippen molar-refractivity contribution in [2.45, 2.75) is 26.3 Å². The fourth-order valence-electron chi connectivity index (χ4n) is 3.12. The second kappa shape index (κ2) is 3.42. The molecule has 1 atom stereocenters. The molecule has 0 saturated heterocycles. The Kier molecular flexibility index (Phi) is 2.12. The molecule has 1 aromatic rings. The Balaban J connectivity index is 2.05. The Morgan fingerprint density at radius 1 is 1.35 bits per heavy atom. The van der Waals surface area contributed by atoms with Gasteiger partial charge in [0.05, 0.1) is 12.3 Å². The summed E-state index contributed by atoms with van der Waals surface area (Å²) in [6, 6.07) is 8.58. The van der Waals surface area contributed by atoms with Crippen LogP contribution in [-0.2, 0) is 11.2 Å². The van der Waals surface area contributed by atoms with E-state index in [1.165, 1.54) is 17.3 Å². The molecule has 0 aromatic heterocycles. The van der Waals surface area contributed by atoms with Gasteiger partial charge >= 0.3 is 0 Å². The van der Waals surface area contributed by atoms with Gasteiger partial charge in [-0.05, 0) is 23.0 Å². The number of carbonyl (C=O) groups is 1. The van der Waals surface area contributed by atoms with Crippen LogP contribution < -0.4 is 0 Å². The lowest BCUT2D eigenvalue weighted by atomic mass is 9.84. The quantitative estimate of drug-likeness (QED) is 0.725. The Hall–Kier alpha value is -1.64. The second-order valence-electron chi connectivity index (χ2n) is 5.53. The van der Waals surface area contributed by atoms with Crippen molar-refractivity contribution in [2.24, 2.45) is 10.4 Å². The summed E-state index contributed by atoms with van der Waals surface area (Å²) in [7, 11) is 0. The lowest BCUT2D eigenvalue weighted by Crippen LogP contribution is -2.37. The first-order valence-corrected chi connectivity index (χ1v) is 5.98. The lowest BCUT2D eigenvalue weighted by molar-refractivity contribution is -0.126.